The molecule has 3 aliphatic heterocycles. The van der Waals surface area contributed by atoms with Gasteiger partial charge in [0.25, 0.3) is 5.91 Å². The Hall–Kier alpha value is -3.80. The third kappa shape index (κ3) is 2.57. The van der Waals surface area contributed by atoms with Gasteiger partial charge in [-0.2, -0.15) is 0 Å². The largest absolute Gasteiger partial charge is 0.454 e. The van der Waals surface area contributed by atoms with Crippen molar-refractivity contribution >= 4 is 23.2 Å². The van der Waals surface area contributed by atoms with Crippen molar-refractivity contribution in [3.05, 3.63) is 83.9 Å². The topological polar surface area (TPSA) is 59.1 Å². The monoisotopic (exact) mass is 412 g/mol. The van der Waals surface area contributed by atoms with Crippen LogP contribution in [0.25, 0.3) is 0 Å². The maximum atomic E-state index is 13.8. The summed E-state index contributed by atoms with van der Waals surface area (Å²) in [5.74, 6) is 1.16. The standard InChI is InChI=1S/C25H20N2O4/c28-23(17-10-11-21-22(14-17)31-16-30-21)26-13-12-25(15-26)19-8-4-5-9-20(19)27(24(25)29)18-6-2-1-3-7-18/h1-11,14H,12-13,15-16H2. The molecule has 1 saturated heterocycles. The first-order valence-electron chi connectivity index (χ1n) is 10.4. The Morgan fingerprint density at radius 1 is 0.903 bits per heavy atom. The SMILES string of the molecule is O=C(c1ccc2c(c1)OCO2)N1CCC2(C1)C(=O)N(c1ccccc1)c1ccccc12. The molecule has 3 aromatic carbocycles. The number of carbonyl (C=O) groups excluding carboxylic acids is 2. The van der Waals surface area contributed by atoms with E-state index in [0.29, 0.717) is 36.6 Å². The van der Waals surface area contributed by atoms with Crippen molar-refractivity contribution in [2.45, 2.75) is 11.8 Å². The van der Waals surface area contributed by atoms with Crippen LogP contribution in [-0.4, -0.2) is 36.6 Å². The Morgan fingerprint density at radius 2 is 1.68 bits per heavy atom. The van der Waals surface area contributed by atoms with Gasteiger partial charge in [-0.3, -0.25) is 14.5 Å². The van der Waals surface area contributed by atoms with E-state index >= 15 is 0 Å². The van der Waals surface area contributed by atoms with E-state index in [-0.39, 0.29) is 18.6 Å². The second-order valence-corrected chi connectivity index (χ2v) is 8.12. The van der Waals surface area contributed by atoms with Crippen LogP contribution >= 0.6 is 0 Å². The Bertz CT molecular complexity index is 1210. The first-order chi connectivity index (χ1) is 15.2. The second-order valence-electron chi connectivity index (χ2n) is 8.12. The molecule has 2 amide bonds. The summed E-state index contributed by atoms with van der Waals surface area (Å²) in [6.07, 6.45) is 0.600. The molecule has 1 spiro atoms. The van der Waals surface area contributed by atoms with Gasteiger partial charge in [-0.05, 0) is 48.4 Å². The highest BCUT2D eigenvalue weighted by molar-refractivity contribution is 6.13. The number of para-hydroxylation sites is 2. The molecule has 3 aromatic rings. The maximum absolute atomic E-state index is 13.8. The third-order valence-corrected chi connectivity index (χ3v) is 6.46. The lowest BCUT2D eigenvalue weighted by atomic mass is 9.81. The van der Waals surface area contributed by atoms with E-state index in [2.05, 4.69) is 0 Å². The maximum Gasteiger partial charge on any atom is 0.254 e. The quantitative estimate of drug-likeness (QED) is 0.641. The van der Waals surface area contributed by atoms with E-state index in [0.717, 1.165) is 16.9 Å². The number of carbonyl (C=O) groups is 2. The van der Waals surface area contributed by atoms with Crippen molar-refractivity contribution in [3.63, 3.8) is 0 Å². The van der Waals surface area contributed by atoms with E-state index < -0.39 is 5.41 Å². The molecule has 3 aliphatic rings. The van der Waals surface area contributed by atoms with Gasteiger partial charge in [0.1, 0.15) is 0 Å². The van der Waals surface area contributed by atoms with Gasteiger partial charge in [0.05, 0.1) is 11.1 Å². The molecule has 6 heteroatoms. The minimum atomic E-state index is -0.724. The van der Waals surface area contributed by atoms with Gasteiger partial charge in [0.15, 0.2) is 11.5 Å². The fourth-order valence-corrected chi connectivity index (χ4v) is 4.93. The molecule has 1 atom stereocenters. The first-order valence-corrected chi connectivity index (χ1v) is 10.4. The van der Waals surface area contributed by atoms with E-state index in [1.165, 1.54) is 0 Å². The number of fused-ring (bicyclic) bond motifs is 3. The van der Waals surface area contributed by atoms with Crippen molar-refractivity contribution in [3.8, 4) is 11.5 Å². The minimum Gasteiger partial charge on any atom is -0.454 e. The summed E-state index contributed by atoms with van der Waals surface area (Å²) in [4.78, 5) is 30.6. The van der Waals surface area contributed by atoms with Crippen LogP contribution in [0.1, 0.15) is 22.3 Å². The molecule has 6 nitrogen and oxygen atoms in total. The molecular weight excluding hydrogens is 392 g/mol. The van der Waals surface area contributed by atoms with Crippen molar-refractivity contribution < 1.29 is 19.1 Å². The smallest absolute Gasteiger partial charge is 0.254 e. The molecule has 3 heterocycles. The Balaban J connectivity index is 1.35. The highest BCUT2D eigenvalue weighted by atomic mass is 16.7. The lowest BCUT2D eigenvalue weighted by molar-refractivity contribution is -0.122. The van der Waals surface area contributed by atoms with Crippen molar-refractivity contribution in [2.75, 3.05) is 24.8 Å². The number of hydrogen-bond donors (Lipinski definition) is 0. The number of amides is 2. The highest BCUT2D eigenvalue weighted by Crippen LogP contribution is 2.50. The van der Waals surface area contributed by atoms with Crippen LogP contribution in [0.5, 0.6) is 11.5 Å². The fourth-order valence-electron chi connectivity index (χ4n) is 4.93. The summed E-state index contributed by atoms with van der Waals surface area (Å²) in [6, 6.07) is 22.8. The Kier molecular flexibility index (Phi) is 3.84. The second kappa shape index (κ2) is 6.60. The lowest BCUT2D eigenvalue weighted by Gasteiger charge is -2.24. The molecule has 1 unspecified atom stereocenters. The van der Waals surface area contributed by atoms with Crippen LogP contribution in [0.15, 0.2) is 72.8 Å². The molecule has 0 aromatic heterocycles. The number of ether oxygens (including phenoxy) is 2. The zero-order valence-electron chi connectivity index (χ0n) is 16.8. The number of rotatable bonds is 2. The Morgan fingerprint density at radius 3 is 2.55 bits per heavy atom. The molecule has 31 heavy (non-hydrogen) atoms. The average Bonchev–Trinajstić information content (AvgIpc) is 3.52. The van der Waals surface area contributed by atoms with Crippen molar-refractivity contribution in [1.29, 1.82) is 0 Å². The summed E-state index contributed by atoms with van der Waals surface area (Å²) in [6.45, 7) is 1.05. The summed E-state index contributed by atoms with van der Waals surface area (Å²) in [5.41, 5.74) is 2.55. The number of likely N-dealkylation sites (tertiary alicyclic amines) is 1. The molecule has 0 aliphatic carbocycles. The van der Waals surface area contributed by atoms with Gasteiger partial charge in [0, 0.05) is 24.3 Å². The van der Waals surface area contributed by atoms with E-state index in [9.17, 15) is 9.59 Å². The predicted octanol–water partition coefficient (Wildman–Crippen LogP) is 3.88. The van der Waals surface area contributed by atoms with Crippen LogP contribution in [0.4, 0.5) is 11.4 Å². The van der Waals surface area contributed by atoms with Crippen LogP contribution in [-0.2, 0) is 10.2 Å². The number of nitrogens with zero attached hydrogens (tertiary/aromatic N) is 2. The normalized spacial score (nSPS) is 21.1. The van der Waals surface area contributed by atoms with E-state index in [4.69, 9.17) is 9.47 Å². The molecule has 0 N–H and O–H groups in total. The molecule has 154 valence electrons. The zero-order valence-corrected chi connectivity index (χ0v) is 16.8. The summed E-state index contributed by atoms with van der Waals surface area (Å²) < 4.78 is 10.8. The van der Waals surface area contributed by atoms with Gasteiger partial charge >= 0.3 is 0 Å². The average molecular weight is 412 g/mol. The molecule has 0 bridgehead atoms. The van der Waals surface area contributed by atoms with Gasteiger partial charge in [-0.1, -0.05) is 36.4 Å². The van der Waals surface area contributed by atoms with Crippen molar-refractivity contribution in [1.82, 2.24) is 4.90 Å². The Labute approximate surface area is 179 Å². The molecule has 1 fully saturated rings. The van der Waals surface area contributed by atoms with Crippen LogP contribution in [0.3, 0.4) is 0 Å². The lowest BCUT2D eigenvalue weighted by Crippen LogP contribution is -2.41. The summed E-state index contributed by atoms with van der Waals surface area (Å²) in [7, 11) is 0. The molecular formula is C25H20N2O4. The van der Waals surface area contributed by atoms with Crippen LogP contribution < -0.4 is 14.4 Å². The van der Waals surface area contributed by atoms with Gasteiger partial charge in [-0.15, -0.1) is 0 Å². The highest BCUT2D eigenvalue weighted by Gasteiger charge is 2.55. The summed E-state index contributed by atoms with van der Waals surface area (Å²) >= 11 is 0. The number of anilines is 2. The minimum absolute atomic E-state index is 0.0286. The van der Waals surface area contributed by atoms with Gasteiger partial charge in [-0.25, -0.2) is 0 Å². The molecule has 0 radical (unpaired) electrons. The van der Waals surface area contributed by atoms with Crippen LogP contribution in [0, 0.1) is 0 Å². The molecule has 6 rings (SSSR count). The van der Waals surface area contributed by atoms with Crippen molar-refractivity contribution in [2.24, 2.45) is 0 Å². The fraction of sp³-hybridized carbons (Fsp3) is 0.200. The zero-order chi connectivity index (χ0) is 21.0. The summed E-state index contributed by atoms with van der Waals surface area (Å²) in [5, 5.41) is 0. The first kappa shape index (κ1) is 18.0. The third-order valence-electron chi connectivity index (χ3n) is 6.46. The predicted molar refractivity (Wildman–Crippen MR) is 115 cm³/mol. The van der Waals surface area contributed by atoms with Gasteiger partial charge in [0.2, 0.25) is 12.7 Å². The number of hydrogen-bond acceptors (Lipinski definition) is 4. The molecule has 0 saturated carbocycles. The number of benzene rings is 3. The van der Waals surface area contributed by atoms with Gasteiger partial charge < -0.3 is 14.4 Å². The van der Waals surface area contributed by atoms with E-state index in [1.54, 1.807) is 28.0 Å². The van der Waals surface area contributed by atoms with Crippen LogP contribution in [0.2, 0.25) is 0 Å². The van der Waals surface area contributed by atoms with E-state index in [1.807, 2.05) is 54.6 Å².